The van der Waals surface area contributed by atoms with Crippen molar-refractivity contribution in [2.24, 2.45) is 4.99 Å². The monoisotopic (exact) mass is 541 g/mol. The molecule has 1 amide bonds. The summed E-state index contributed by atoms with van der Waals surface area (Å²) in [4.78, 5) is 18.6. The van der Waals surface area contributed by atoms with Gasteiger partial charge in [-0.25, -0.2) is 0 Å². The van der Waals surface area contributed by atoms with Crippen LogP contribution in [0, 0.1) is 0 Å². The lowest BCUT2D eigenvalue weighted by molar-refractivity contribution is -0.119. The molecule has 162 valence electrons. The standard InChI is InChI=1S/C22H28ClN5O.HI/c1-24-22(26-15-21(29)25-12-10-17-6-3-2-4-7-17)27-19-11-13-28(16-19)20-9-5-8-18(23)14-20;/h2-9,14,19H,10-13,15-16H2,1H3,(H,25,29)(H2,24,26,27);1H. The fraction of sp³-hybridized carbons (Fsp3) is 0.364. The lowest BCUT2D eigenvalue weighted by atomic mass is 10.1. The average Bonchev–Trinajstić information content (AvgIpc) is 3.20. The van der Waals surface area contributed by atoms with E-state index < -0.39 is 0 Å². The Labute approximate surface area is 200 Å². The summed E-state index contributed by atoms with van der Waals surface area (Å²) in [6.07, 6.45) is 1.82. The molecule has 1 atom stereocenters. The molecule has 30 heavy (non-hydrogen) atoms. The van der Waals surface area contributed by atoms with Gasteiger partial charge in [-0.3, -0.25) is 9.79 Å². The second kappa shape index (κ2) is 12.6. The molecule has 2 aromatic carbocycles. The normalized spacial score (nSPS) is 16.0. The number of rotatable bonds is 7. The van der Waals surface area contributed by atoms with Gasteiger partial charge in [-0.05, 0) is 36.6 Å². The summed E-state index contributed by atoms with van der Waals surface area (Å²) in [5.74, 6) is 0.594. The molecule has 0 aliphatic carbocycles. The number of guanidine groups is 1. The van der Waals surface area contributed by atoms with Crippen molar-refractivity contribution in [3.63, 3.8) is 0 Å². The van der Waals surface area contributed by atoms with Gasteiger partial charge in [0.1, 0.15) is 0 Å². The summed E-state index contributed by atoms with van der Waals surface area (Å²) >= 11 is 6.10. The minimum atomic E-state index is -0.0455. The van der Waals surface area contributed by atoms with E-state index in [1.54, 1.807) is 7.05 Å². The fourth-order valence-corrected chi connectivity index (χ4v) is 3.58. The SMILES string of the molecule is CN=C(NCC(=O)NCCc1ccccc1)NC1CCN(c2cccc(Cl)c2)C1.I. The smallest absolute Gasteiger partial charge is 0.239 e. The quantitative estimate of drug-likeness (QED) is 0.286. The van der Waals surface area contributed by atoms with Crippen molar-refractivity contribution in [3.05, 3.63) is 65.2 Å². The van der Waals surface area contributed by atoms with Crippen LogP contribution in [0.2, 0.25) is 5.02 Å². The molecule has 0 bridgehead atoms. The Morgan fingerprint density at radius 3 is 2.70 bits per heavy atom. The first kappa shape index (κ1) is 24.3. The second-order valence-electron chi connectivity index (χ2n) is 7.07. The predicted octanol–water partition coefficient (Wildman–Crippen LogP) is 3.06. The Morgan fingerprint density at radius 1 is 1.17 bits per heavy atom. The van der Waals surface area contributed by atoms with Crippen molar-refractivity contribution in [1.29, 1.82) is 0 Å². The van der Waals surface area contributed by atoms with E-state index in [9.17, 15) is 4.79 Å². The highest BCUT2D eigenvalue weighted by atomic mass is 127. The molecule has 0 radical (unpaired) electrons. The molecule has 6 nitrogen and oxygen atoms in total. The minimum absolute atomic E-state index is 0. The molecule has 0 aromatic heterocycles. The first-order valence-corrected chi connectivity index (χ1v) is 10.3. The molecule has 1 heterocycles. The van der Waals surface area contributed by atoms with Crippen LogP contribution in [0.5, 0.6) is 0 Å². The van der Waals surface area contributed by atoms with E-state index in [1.807, 2.05) is 36.4 Å². The maximum Gasteiger partial charge on any atom is 0.239 e. The van der Waals surface area contributed by atoms with Crippen molar-refractivity contribution in [3.8, 4) is 0 Å². The molecule has 1 fully saturated rings. The zero-order valence-corrected chi connectivity index (χ0v) is 20.2. The average molecular weight is 542 g/mol. The van der Waals surface area contributed by atoms with Gasteiger partial charge >= 0.3 is 0 Å². The lowest BCUT2D eigenvalue weighted by Crippen LogP contribution is -2.47. The molecule has 0 spiro atoms. The van der Waals surface area contributed by atoms with Crippen LogP contribution >= 0.6 is 35.6 Å². The van der Waals surface area contributed by atoms with Gasteiger partial charge in [0.05, 0.1) is 6.54 Å². The topological polar surface area (TPSA) is 68.8 Å². The zero-order valence-electron chi connectivity index (χ0n) is 17.1. The molecule has 2 aromatic rings. The highest BCUT2D eigenvalue weighted by Gasteiger charge is 2.23. The Bertz CT molecular complexity index is 833. The van der Waals surface area contributed by atoms with E-state index >= 15 is 0 Å². The number of carbonyl (C=O) groups excluding carboxylic acids is 1. The summed E-state index contributed by atoms with van der Waals surface area (Å²) in [5.41, 5.74) is 2.34. The highest BCUT2D eigenvalue weighted by molar-refractivity contribution is 14.0. The van der Waals surface area contributed by atoms with Crippen LogP contribution in [-0.2, 0) is 11.2 Å². The number of anilines is 1. The summed E-state index contributed by atoms with van der Waals surface area (Å²) in [6, 6.07) is 18.3. The molecule has 1 aliphatic heterocycles. The molecular weight excluding hydrogens is 513 g/mol. The number of carbonyl (C=O) groups is 1. The van der Waals surface area contributed by atoms with Crippen LogP contribution in [-0.4, -0.2) is 51.1 Å². The molecule has 0 saturated carbocycles. The fourth-order valence-electron chi connectivity index (χ4n) is 3.39. The molecule has 8 heteroatoms. The Hall–Kier alpha value is -2.00. The maximum absolute atomic E-state index is 12.1. The van der Waals surface area contributed by atoms with Gasteiger partial charge in [0.15, 0.2) is 5.96 Å². The zero-order chi connectivity index (χ0) is 20.5. The first-order valence-electron chi connectivity index (χ1n) is 9.92. The van der Waals surface area contributed by atoms with Crippen molar-refractivity contribution in [1.82, 2.24) is 16.0 Å². The van der Waals surface area contributed by atoms with E-state index in [4.69, 9.17) is 11.6 Å². The Balaban J connectivity index is 0.00000320. The summed E-state index contributed by atoms with van der Waals surface area (Å²) in [7, 11) is 1.71. The molecular formula is C22H29ClIN5O. The van der Waals surface area contributed by atoms with Gasteiger partial charge < -0.3 is 20.9 Å². The number of hydrogen-bond donors (Lipinski definition) is 3. The highest BCUT2D eigenvalue weighted by Crippen LogP contribution is 2.23. The van der Waals surface area contributed by atoms with Crippen LogP contribution in [0.4, 0.5) is 5.69 Å². The van der Waals surface area contributed by atoms with Crippen molar-refractivity contribution in [2.75, 3.05) is 38.1 Å². The van der Waals surface area contributed by atoms with Crippen LogP contribution in [0.25, 0.3) is 0 Å². The summed E-state index contributed by atoms with van der Waals surface area (Å²) in [5, 5.41) is 10.2. The molecule has 1 saturated heterocycles. The van der Waals surface area contributed by atoms with Crippen molar-refractivity contribution in [2.45, 2.75) is 18.9 Å². The van der Waals surface area contributed by atoms with Crippen molar-refractivity contribution >= 4 is 53.1 Å². The van der Waals surface area contributed by atoms with E-state index in [1.165, 1.54) is 5.56 Å². The Kier molecular flexibility index (Phi) is 10.2. The number of halogens is 2. The van der Waals surface area contributed by atoms with E-state index in [-0.39, 0.29) is 42.5 Å². The van der Waals surface area contributed by atoms with Gasteiger partial charge in [0.25, 0.3) is 0 Å². The Morgan fingerprint density at radius 2 is 1.97 bits per heavy atom. The maximum atomic E-state index is 12.1. The third-order valence-corrected chi connectivity index (χ3v) is 5.16. The predicted molar refractivity (Wildman–Crippen MR) is 135 cm³/mol. The second-order valence-corrected chi connectivity index (χ2v) is 7.50. The van der Waals surface area contributed by atoms with Gasteiger partial charge in [0.2, 0.25) is 5.91 Å². The molecule has 1 aliphatic rings. The molecule has 1 unspecified atom stereocenters. The number of aliphatic imine (C=N–C) groups is 1. The van der Waals surface area contributed by atoms with Gasteiger partial charge in [-0.1, -0.05) is 48.0 Å². The number of nitrogens with one attached hydrogen (secondary N) is 3. The number of hydrogen-bond acceptors (Lipinski definition) is 3. The molecule has 3 N–H and O–H groups in total. The minimum Gasteiger partial charge on any atom is -0.369 e. The third-order valence-electron chi connectivity index (χ3n) is 4.92. The third kappa shape index (κ3) is 7.68. The van der Waals surface area contributed by atoms with Gasteiger partial charge in [-0.15, -0.1) is 24.0 Å². The number of nitrogens with zero attached hydrogens (tertiary/aromatic N) is 2. The largest absolute Gasteiger partial charge is 0.369 e. The summed E-state index contributed by atoms with van der Waals surface area (Å²) in [6.45, 7) is 2.63. The van der Waals surface area contributed by atoms with E-state index in [2.05, 4.69) is 44.0 Å². The van der Waals surface area contributed by atoms with Crippen LogP contribution in [0.3, 0.4) is 0 Å². The number of amides is 1. The number of benzene rings is 2. The van der Waals surface area contributed by atoms with Crippen molar-refractivity contribution < 1.29 is 4.79 Å². The van der Waals surface area contributed by atoms with Crippen LogP contribution in [0.1, 0.15) is 12.0 Å². The van der Waals surface area contributed by atoms with Crippen LogP contribution in [0.15, 0.2) is 59.6 Å². The van der Waals surface area contributed by atoms with E-state index in [0.29, 0.717) is 12.5 Å². The molecule has 3 rings (SSSR count). The summed E-state index contributed by atoms with van der Waals surface area (Å²) < 4.78 is 0. The van der Waals surface area contributed by atoms with Gasteiger partial charge in [-0.2, -0.15) is 0 Å². The van der Waals surface area contributed by atoms with E-state index in [0.717, 1.165) is 36.6 Å². The first-order chi connectivity index (χ1) is 14.1. The van der Waals surface area contributed by atoms with Crippen LogP contribution < -0.4 is 20.9 Å². The van der Waals surface area contributed by atoms with Gasteiger partial charge in [0, 0.05) is 43.4 Å². The lowest BCUT2D eigenvalue weighted by Gasteiger charge is -2.20.